The molecule has 0 heterocycles. The van der Waals surface area contributed by atoms with Crippen LogP contribution in [0.5, 0.6) is 0 Å². The second kappa shape index (κ2) is 16.4. The third kappa shape index (κ3) is 9.20. The molecule has 41 heavy (non-hydrogen) atoms. The molecule has 5 heteroatoms. The van der Waals surface area contributed by atoms with Crippen LogP contribution >= 0.6 is 15.9 Å². The summed E-state index contributed by atoms with van der Waals surface area (Å²) in [6.45, 7) is 5.72. The van der Waals surface area contributed by atoms with Gasteiger partial charge < -0.3 is 17.0 Å². The van der Waals surface area contributed by atoms with E-state index in [4.69, 9.17) is 0 Å². The topological polar surface area (TPSA) is 40.5 Å². The molecule has 6 rings (SSSR count). The van der Waals surface area contributed by atoms with E-state index in [1.165, 1.54) is 39.1 Å². The number of hydrogen-bond acceptors (Lipinski definition) is 2. The standard InChI is InChI=1S/C16H13BO2.C16H11Br.C4H9.Li/c18-17(19)16-7-3-6-14(11-16)15-9-8-12-4-1-2-5-13(12)10-15;17-16-7-3-6-14(11-16)15-9-8-12-4-1-2-5-13(12)10-15;1-3-4-2;/h1-11,18-19H;1-11H;1,3-4H2,2H3;/q;;-1;+1. The van der Waals surface area contributed by atoms with E-state index in [9.17, 15) is 10.0 Å². The van der Waals surface area contributed by atoms with E-state index in [2.05, 4.69) is 115 Å². The first-order valence-corrected chi connectivity index (χ1v) is 14.3. The Morgan fingerprint density at radius 3 is 1.46 bits per heavy atom. The molecule has 0 fully saturated rings. The SMILES string of the molecule is Brc1cccc(-c2ccc3ccccc3c2)c1.OB(O)c1cccc(-c2ccc3ccccc3c2)c1.[CH2-]CCC.[Li+]. The van der Waals surface area contributed by atoms with E-state index in [0.29, 0.717) is 5.46 Å². The van der Waals surface area contributed by atoms with Crippen molar-refractivity contribution in [2.45, 2.75) is 19.8 Å². The summed E-state index contributed by atoms with van der Waals surface area (Å²) in [5.41, 5.74) is 5.05. The van der Waals surface area contributed by atoms with Crippen LogP contribution in [-0.2, 0) is 0 Å². The van der Waals surface area contributed by atoms with Gasteiger partial charge in [-0.25, -0.2) is 0 Å². The van der Waals surface area contributed by atoms with Crippen LogP contribution in [0, 0.1) is 6.92 Å². The van der Waals surface area contributed by atoms with Crippen LogP contribution in [-0.4, -0.2) is 17.2 Å². The Hall–Kier alpha value is -3.10. The summed E-state index contributed by atoms with van der Waals surface area (Å²) in [4.78, 5) is 0. The molecular weight excluding hydrogens is 562 g/mol. The molecule has 0 aromatic heterocycles. The van der Waals surface area contributed by atoms with Crippen molar-refractivity contribution in [1.82, 2.24) is 0 Å². The summed E-state index contributed by atoms with van der Waals surface area (Å²) < 4.78 is 1.11. The fourth-order valence-electron chi connectivity index (χ4n) is 4.28. The van der Waals surface area contributed by atoms with Crippen molar-refractivity contribution in [2.75, 3.05) is 0 Å². The summed E-state index contributed by atoms with van der Waals surface area (Å²) in [6, 6.07) is 45.1. The van der Waals surface area contributed by atoms with Crippen molar-refractivity contribution in [3.05, 3.63) is 145 Å². The zero-order chi connectivity index (χ0) is 28.3. The largest absolute Gasteiger partial charge is 1.00 e. The molecule has 6 aromatic rings. The number of halogens is 1. The summed E-state index contributed by atoms with van der Waals surface area (Å²) in [6.07, 6.45) is 2.28. The maximum absolute atomic E-state index is 9.22. The Balaban J connectivity index is 0.000000196. The molecule has 0 atom stereocenters. The Labute approximate surface area is 264 Å². The summed E-state index contributed by atoms with van der Waals surface area (Å²) >= 11 is 3.51. The fraction of sp³-hybridized carbons (Fsp3) is 0.0833. The molecule has 0 aliphatic carbocycles. The minimum Gasteiger partial charge on any atom is -0.423 e. The first-order valence-electron chi connectivity index (χ1n) is 13.5. The maximum atomic E-state index is 9.22. The molecule has 0 unspecified atom stereocenters. The van der Waals surface area contributed by atoms with Crippen molar-refractivity contribution in [3.63, 3.8) is 0 Å². The zero-order valence-corrected chi connectivity index (χ0v) is 25.3. The predicted molar refractivity (Wildman–Crippen MR) is 177 cm³/mol. The molecule has 200 valence electrons. The first kappa shape index (κ1) is 32.4. The maximum Gasteiger partial charge on any atom is 1.00 e. The van der Waals surface area contributed by atoms with Gasteiger partial charge in [0.15, 0.2) is 0 Å². The predicted octanol–water partition coefficient (Wildman–Crippen LogP) is 6.08. The molecule has 0 amide bonds. The number of hydrogen-bond donors (Lipinski definition) is 2. The average Bonchev–Trinajstić information content (AvgIpc) is 3.01. The van der Waals surface area contributed by atoms with Crippen LogP contribution in [0.1, 0.15) is 19.8 Å². The normalized spacial score (nSPS) is 10.1. The Morgan fingerprint density at radius 1 is 0.561 bits per heavy atom. The molecule has 0 aliphatic rings. The van der Waals surface area contributed by atoms with Crippen molar-refractivity contribution < 1.29 is 28.9 Å². The van der Waals surface area contributed by atoms with Gasteiger partial charge in [-0.3, -0.25) is 0 Å². The molecule has 0 spiro atoms. The van der Waals surface area contributed by atoms with E-state index >= 15 is 0 Å². The minimum absolute atomic E-state index is 0. The van der Waals surface area contributed by atoms with Gasteiger partial charge in [0, 0.05) is 4.47 Å². The first-order chi connectivity index (χ1) is 19.5. The number of unbranched alkanes of at least 4 members (excludes halogenated alkanes) is 1. The number of fused-ring (bicyclic) bond motifs is 2. The summed E-state index contributed by atoms with van der Waals surface area (Å²) in [7, 11) is -1.43. The van der Waals surface area contributed by atoms with Crippen LogP contribution in [0.2, 0.25) is 0 Å². The van der Waals surface area contributed by atoms with E-state index in [1.54, 1.807) is 12.1 Å². The molecule has 0 bridgehead atoms. The van der Waals surface area contributed by atoms with Gasteiger partial charge in [0.1, 0.15) is 0 Å². The molecule has 0 aliphatic heterocycles. The average molecular weight is 595 g/mol. The van der Waals surface area contributed by atoms with Gasteiger partial charge in [0.2, 0.25) is 0 Å². The molecule has 0 saturated carbocycles. The van der Waals surface area contributed by atoms with Gasteiger partial charge in [0.05, 0.1) is 0 Å². The van der Waals surface area contributed by atoms with E-state index in [-0.39, 0.29) is 18.9 Å². The molecular formula is C36H33BBrLiO2. The summed E-state index contributed by atoms with van der Waals surface area (Å²) in [5.74, 6) is 0. The van der Waals surface area contributed by atoms with Gasteiger partial charge in [-0.2, -0.15) is 6.42 Å². The zero-order valence-electron chi connectivity index (χ0n) is 23.7. The van der Waals surface area contributed by atoms with Gasteiger partial charge in [-0.15, -0.1) is 0 Å². The quantitative estimate of drug-likeness (QED) is 0.192. The van der Waals surface area contributed by atoms with Crippen LogP contribution in [0.4, 0.5) is 0 Å². The summed E-state index contributed by atoms with van der Waals surface area (Å²) in [5, 5.41) is 23.4. The molecule has 6 aromatic carbocycles. The minimum atomic E-state index is -1.43. The second-order valence-electron chi connectivity index (χ2n) is 9.49. The molecule has 0 saturated heterocycles. The van der Waals surface area contributed by atoms with Crippen molar-refractivity contribution in [2.24, 2.45) is 0 Å². The monoisotopic (exact) mass is 594 g/mol. The molecule has 0 radical (unpaired) electrons. The van der Waals surface area contributed by atoms with E-state index in [0.717, 1.165) is 22.0 Å². The van der Waals surface area contributed by atoms with Crippen molar-refractivity contribution >= 4 is 50.1 Å². The second-order valence-corrected chi connectivity index (χ2v) is 10.4. The van der Waals surface area contributed by atoms with Crippen LogP contribution in [0.3, 0.4) is 0 Å². The van der Waals surface area contributed by atoms with Gasteiger partial charge in [0.25, 0.3) is 0 Å². The van der Waals surface area contributed by atoms with E-state index < -0.39 is 7.12 Å². The van der Waals surface area contributed by atoms with Gasteiger partial charge >= 0.3 is 26.0 Å². The fourth-order valence-corrected chi connectivity index (χ4v) is 4.68. The number of benzene rings is 6. The Kier molecular flexibility index (Phi) is 12.9. The van der Waals surface area contributed by atoms with Crippen molar-refractivity contribution in [1.29, 1.82) is 0 Å². The van der Waals surface area contributed by atoms with Gasteiger partial charge in [-0.1, -0.05) is 138 Å². The Morgan fingerprint density at radius 2 is 1.00 bits per heavy atom. The number of rotatable bonds is 4. The van der Waals surface area contributed by atoms with Crippen molar-refractivity contribution in [3.8, 4) is 22.3 Å². The third-order valence-corrected chi connectivity index (χ3v) is 7.02. The third-order valence-electron chi connectivity index (χ3n) is 6.53. The molecule has 2 nitrogen and oxygen atoms in total. The smallest absolute Gasteiger partial charge is 0.423 e. The molecule has 2 N–H and O–H groups in total. The van der Waals surface area contributed by atoms with Crippen LogP contribution in [0.25, 0.3) is 43.8 Å². The van der Waals surface area contributed by atoms with Crippen LogP contribution < -0.4 is 24.3 Å². The van der Waals surface area contributed by atoms with E-state index in [1.807, 2.05) is 36.4 Å². The van der Waals surface area contributed by atoms with Gasteiger partial charge in [-0.05, 0) is 73.5 Å². The Bertz CT molecular complexity index is 1680. The van der Waals surface area contributed by atoms with Crippen LogP contribution in [0.15, 0.2) is 138 Å².